The van der Waals surface area contributed by atoms with Crippen molar-refractivity contribution in [2.75, 3.05) is 18.6 Å². The lowest BCUT2D eigenvalue weighted by atomic mass is 9.85. The van der Waals surface area contributed by atoms with Crippen LogP contribution in [0.3, 0.4) is 0 Å². The third kappa shape index (κ3) is 3.88. The van der Waals surface area contributed by atoms with Crippen LogP contribution < -0.4 is 5.32 Å². The maximum Gasteiger partial charge on any atom is 0.308 e. The monoisotopic (exact) mass is 257 g/mol. The van der Waals surface area contributed by atoms with Gasteiger partial charge < -0.3 is 10.1 Å². The number of carbonyl (C=O) groups excluding carboxylic acids is 1. The van der Waals surface area contributed by atoms with Gasteiger partial charge in [0.05, 0.1) is 13.0 Å². The van der Waals surface area contributed by atoms with Crippen molar-refractivity contribution >= 4 is 17.7 Å². The molecule has 1 saturated heterocycles. The van der Waals surface area contributed by atoms with Gasteiger partial charge in [0.2, 0.25) is 0 Å². The second kappa shape index (κ2) is 6.64. The van der Waals surface area contributed by atoms with E-state index >= 15 is 0 Å². The summed E-state index contributed by atoms with van der Waals surface area (Å²) in [5.41, 5.74) is 0. The molecule has 0 spiro atoms. The molecule has 2 aliphatic rings. The third-order valence-electron chi connectivity index (χ3n) is 3.89. The van der Waals surface area contributed by atoms with E-state index < -0.39 is 0 Å². The van der Waals surface area contributed by atoms with Gasteiger partial charge in [-0.25, -0.2) is 0 Å². The van der Waals surface area contributed by atoms with Crippen LogP contribution >= 0.6 is 11.8 Å². The Bertz CT molecular complexity index is 246. The molecule has 0 radical (unpaired) electrons. The highest BCUT2D eigenvalue weighted by atomic mass is 32.2. The second-order valence-corrected chi connectivity index (χ2v) is 6.30. The lowest BCUT2D eigenvalue weighted by Gasteiger charge is -2.32. The van der Waals surface area contributed by atoms with Crippen molar-refractivity contribution in [3.63, 3.8) is 0 Å². The highest BCUT2D eigenvalue weighted by Crippen LogP contribution is 2.26. The highest BCUT2D eigenvalue weighted by molar-refractivity contribution is 7.99. The number of esters is 1. The average molecular weight is 257 g/mol. The first-order valence-corrected chi connectivity index (χ1v) is 7.86. The lowest BCUT2D eigenvalue weighted by Crippen LogP contribution is -2.43. The van der Waals surface area contributed by atoms with E-state index in [4.69, 9.17) is 4.74 Å². The smallest absolute Gasteiger partial charge is 0.308 e. The van der Waals surface area contributed by atoms with Gasteiger partial charge in [-0.1, -0.05) is 0 Å². The first-order chi connectivity index (χ1) is 8.29. The van der Waals surface area contributed by atoms with Gasteiger partial charge in [0.15, 0.2) is 0 Å². The molecular formula is C13H23NO2S. The Hall–Kier alpha value is -0.220. The summed E-state index contributed by atoms with van der Waals surface area (Å²) >= 11 is 2.06. The largest absolute Gasteiger partial charge is 0.469 e. The molecule has 98 valence electrons. The third-order valence-corrected chi connectivity index (χ3v) is 5.11. The van der Waals surface area contributed by atoms with Gasteiger partial charge in [-0.15, -0.1) is 0 Å². The molecule has 4 heteroatoms. The molecular weight excluding hydrogens is 234 g/mol. The van der Waals surface area contributed by atoms with Crippen LogP contribution in [0.1, 0.15) is 38.5 Å². The summed E-state index contributed by atoms with van der Waals surface area (Å²) in [6, 6.07) is 1.33. The van der Waals surface area contributed by atoms with Crippen molar-refractivity contribution in [2.24, 2.45) is 5.92 Å². The lowest BCUT2D eigenvalue weighted by molar-refractivity contribution is -0.146. The van der Waals surface area contributed by atoms with Gasteiger partial charge in [0.25, 0.3) is 0 Å². The Labute approximate surface area is 108 Å². The Kier molecular flexibility index (Phi) is 5.16. The van der Waals surface area contributed by atoms with Crippen LogP contribution in [0.5, 0.6) is 0 Å². The van der Waals surface area contributed by atoms with E-state index in [1.165, 1.54) is 31.5 Å². The topological polar surface area (TPSA) is 38.3 Å². The molecule has 1 aliphatic heterocycles. The molecule has 17 heavy (non-hydrogen) atoms. The summed E-state index contributed by atoms with van der Waals surface area (Å²) in [5.74, 6) is 2.72. The molecule has 2 rings (SSSR count). The van der Waals surface area contributed by atoms with Gasteiger partial charge in [0, 0.05) is 17.8 Å². The zero-order chi connectivity index (χ0) is 12.1. The summed E-state index contributed by atoms with van der Waals surface area (Å²) in [6.45, 7) is 0. The molecule has 0 aromatic heterocycles. The predicted molar refractivity (Wildman–Crippen MR) is 71.2 cm³/mol. The number of thioether (sulfide) groups is 1. The molecule has 1 saturated carbocycles. The quantitative estimate of drug-likeness (QED) is 0.787. The summed E-state index contributed by atoms with van der Waals surface area (Å²) in [5, 5.41) is 3.76. The minimum atomic E-state index is -0.0170. The van der Waals surface area contributed by atoms with Crippen LogP contribution in [0.25, 0.3) is 0 Å². The highest BCUT2D eigenvalue weighted by Gasteiger charge is 2.28. The van der Waals surface area contributed by atoms with Crippen molar-refractivity contribution in [3.05, 3.63) is 0 Å². The van der Waals surface area contributed by atoms with Crippen LogP contribution in [0.15, 0.2) is 0 Å². The molecule has 2 fully saturated rings. The van der Waals surface area contributed by atoms with Crippen molar-refractivity contribution in [1.29, 1.82) is 0 Å². The van der Waals surface area contributed by atoms with Crippen molar-refractivity contribution in [1.82, 2.24) is 5.32 Å². The maximum absolute atomic E-state index is 11.4. The van der Waals surface area contributed by atoms with Crippen molar-refractivity contribution < 1.29 is 9.53 Å². The first-order valence-electron chi connectivity index (χ1n) is 6.71. The molecule has 1 aliphatic carbocycles. The first kappa shape index (κ1) is 13.2. The Balaban J connectivity index is 1.69. The summed E-state index contributed by atoms with van der Waals surface area (Å²) < 4.78 is 4.81. The van der Waals surface area contributed by atoms with E-state index in [1.807, 2.05) is 0 Å². The fourth-order valence-electron chi connectivity index (χ4n) is 2.87. The number of nitrogens with one attached hydrogen (secondary N) is 1. The number of rotatable bonds is 3. The average Bonchev–Trinajstić information content (AvgIpc) is 2.40. The van der Waals surface area contributed by atoms with Gasteiger partial charge >= 0.3 is 5.97 Å². The minimum Gasteiger partial charge on any atom is -0.469 e. The molecule has 1 unspecified atom stereocenters. The predicted octanol–water partition coefficient (Wildman–Crippen LogP) is 2.20. The Morgan fingerprint density at radius 3 is 2.53 bits per heavy atom. The zero-order valence-corrected chi connectivity index (χ0v) is 11.4. The molecule has 1 atom stereocenters. The van der Waals surface area contributed by atoms with Gasteiger partial charge in [-0.3, -0.25) is 4.79 Å². The zero-order valence-electron chi connectivity index (χ0n) is 10.6. The van der Waals surface area contributed by atoms with Crippen molar-refractivity contribution in [2.45, 2.75) is 50.6 Å². The number of hydrogen-bond acceptors (Lipinski definition) is 4. The minimum absolute atomic E-state index is 0.0170. The van der Waals surface area contributed by atoms with E-state index in [9.17, 15) is 4.79 Å². The van der Waals surface area contributed by atoms with Gasteiger partial charge in [-0.2, -0.15) is 11.8 Å². The van der Waals surface area contributed by atoms with Gasteiger partial charge in [-0.05, 0) is 44.3 Å². The summed E-state index contributed by atoms with van der Waals surface area (Å²) in [4.78, 5) is 11.4. The van der Waals surface area contributed by atoms with Crippen LogP contribution in [0.2, 0.25) is 0 Å². The molecule has 0 amide bonds. The summed E-state index contributed by atoms with van der Waals surface area (Å²) in [6.07, 6.45) is 6.90. The molecule has 0 bridgehead atoms. The van der Waals surface area contributed by atoms with Gasteiger partial charge in [0.1, 0.15) is 0 Å². The number of carbonyl (C=O) groups is 1. The van der Waals surface area contributed by atoms with E-state index in [0.717, 1.165) is 25.7 Å². The molecule has 1 heterocycles. The second-order valence-electron chi connectivity index (χ2n) is 5.15. The van der Waals surface area contributed by atoms with Crippen LogP contribution in [-0.2, 0) is 9.53 Å². The normalized spacial score (nSPS) is 34.3. The standard InChI is InChI=1S/C13H23NO2S/c1-16-13(15)10-4-6-11(7-5-10)14-12-3-2-8-17-9-12/h10-12,14H,2-9H2,1H3. The fraction of sp³-hybridized carbons (Fsp3) is 0.923. The Morgan fingerprint density at radius 1 is 1.18 bits per heavy atom. The molecule has 0 aromatic rings. The molecule has 3 nitrogen and oxygen atoms in total. The number of hydrogen-bond donors (Lipinski definition) is 1. The van der Waals surface area contributed by atoms with E-state index in [1.54, 1.807) is 0 Å². The SMILES string of the molecule is COC(=O)C1CCC(NC2CCCSC2)CC1. The van der Waals surface area contributed by atoms with Crippen LogP contribution in [0.4, 0.5) is 0 Å². The summed E-state index contributed by atoms with van der Waals surface area (Å²) in [7, 11) is 1.49. The maximum atomic E-state index is 11.4. The van der Waals surface area contributed by atoms with E-state index in [-0.39, 0.29) is 11.9 Å². The number of methoxy groups -OCH3 is 1. The van der Waals surface area contributed by atoms with E-state index in [0.29, 0.717) is 12.1 Å². The van der Waals surface area contributed by atoms with Crippen LogP contribution in [-0.4, -0.2) is 36.7 Å². The molecule has 0 aromatic carbocycles. The number of ether oxygens (including phenoxy) is 1. The molecule has 1 N–H and O–H groups in total. The fourth-order valence-corrected chi connectivity index (χ4v) is 3.95. The van der Waals surface area contributed by atoms with Crippen molar-refractivity contribution in [3.8, 4) is 0 Å². The van der Waals surface area contributed by atoms with E-state index in [2.05, 4.69) is 17.1 Å². The Morgan fingerprint density at radius 2 is 1.94 bits per heavy atom. The van der Waals surface area contributed by atoms with Crippen LogP contribution in [0, 0.1) is 5.92 Å².